The molecule has 1 heterocycles. The molecule has 0 saturated heterocycles. The van der Waals surface area contributed by atoms with Crippen molar-refractivity contribution < 1.29 is 14.7 Å². The maximum atomic E-state index is 12.3. The molecule has 0 aliphatic rings. The number of hydrogen-bond donors (Lipinski definition) is 1. The number of hydrogen-bond acceptors (Lipinski definition) is 2. The van der Waals surface area contributed by atoms with Gasteiger partial charge in [-0.05, 0) is 26.0 Å². The summed E-state index contributed by atoms with van der Waals surface area (Å²) in [5.74, 6) is -1.57. The van der Waals surface area contributed by atoms with Crippen LogP contribution >= 0.6 is 0 Å². The van der Waals surface area contributed by atoms with Crippen molar-refractivity contribution in [3.05, 3.63) is 23.5 Å². The van der Waals surface area contributed by atoms with E-state index in [0.29, 0.717) is 12.2 Å². The molecule has 0 spiro atoms. The van der Waals surface area contributed by atoms with Gasteiger partial charge in [0.15, 0.2) is 0 Å². The van der Waals surface area contributed by atoms with E-state index in [4.69, 9.17) is 5.11 Å². The molecule has 100 valence electrons. The Hall–Kier alpha value is -1.78. The van der Waals surface area contributed by atoms with Crippen LogP contribution in [0, 0.1) is 12.8 Å². The summed E-state index contributed by atoms with van der Waals surface area (Å²) >= 11 is 0. The summed E-state index contributed by atoms with van der Waals surface area (Å²) in [4.78, 5) is 24.7. The van der Waals surface area contributed by atoms with E-state index < -0.39 is 11.9 Å². The van der Waals surface area contributed by atoms with Crippen LogP contribution in [0.2, 0.25) is 0 Å². The second-order valence-electron chi connectivity index (χ2n) is 4.50. The van der Waals surface area contributed by atoms with Crippen LogP contribution in [0.25, 0.3) is 0 Å². The first-order chi connectivity index (χ1) is 8.38. The summed E-state index contributed by atoms with van der Waals surface area (Å²) in [6, 6.07) is 3.65. The standard InChI is InChI=1S/C13H20N2O3/c1-5-15(8-9(2)13(17)18)12(16)11-7-6-10(3)14(11)4/h6-7,9H,5,8H2,1-4H3,(H,17,18). The molecular weight excluding hydrogens is 232 g/mol. The van der Waals surface area contributed by atoms with Crippen molar-refractivity contribution in [3.63, 3.8) is 0 Å². The Kier molecular flexibility index (Phi) is 4.53. The number of aryl methyl sites for hydroxylation is 1. The largest absolute Gasteiger partial charge is 0.481 e. The third kappa shape index (κ3) is 2.91. The third-order valence-corrected chi connectivity index (χ3v) is 3.18. The predicted octanol–water partition coefficient (Wildman–Crippen LogP) is 1.52. The van der Waals surface area contributed by atoms with E-state index in [-0.39, 0.29) is 12.5 Å². The van der Waals surface area contributed by atoms with E-state index in [0.717, 1.165) is 5.69 Å². The number of carboxylic acids is 1. The van der Waals surface area contributed by atoms with Gasteiger partial charge in [0.2, 0.25) is 0 Å². The summed E-state index contributed by atoms with van der Waals surface area (Å²) in [6.45, 7) is 6.11. The maximum Gasteiger partial charge on any atom is 0.308 e. The fourth-order valence-electron chi connectivity index (χ4n) is 1.75. The van der Waals surface area contributed by atoms with Gasteiger partial charge >= 0.3 is 5.97 Å². The molecule has 1 aromatic rings. The Morgan fingerprint density at radius 1 is 1.44 bits per heavy atom. The highest BCUT2D eigenvalue weighted by molar-refractivity contribution is 5.93. The summed E-state index contributed by atoms with van der Waals surface area (Å²) < 4.78 is 1.82. The molecule has 1 atom stereocenters. The molecule has 0 radical (unpaired) electrons. The van der Waals surface area contributed by atoms with Crippen LogP contribution in [-0.2, 0) is 11.8 Å². The highest BCUT2D eigenvalue weighted by Gasteiger charge is 2.22. The van der Waals surface area contributed by atoms with Crippen LogP contribution in [-0.4, -0.2) is 39.5 Å². The number of amides is 1. The van der Waals surface area contributed by atoms with Gasteiger partial charge in [-0.25, -0.2) is 0 Å². The summed E-state index contributed by atoms with van der Waals surface area (Å²) in [5, 5.41) is 8.89. The molecule has 1 rings (SSSR count). The fraction of sp³-hybridized carbons (Fsp3) is 0.538. The SMILES string of the molecule is CCN(CC(C)C(=O)O)C(=O)c1ccc(C)n1C. The van der Waals surface area contributed by atoms with Crippen LogP contribution in [0.5, 0.6) is 0 Å². The van der Waals surface area contributed by atoms with Crippen molar-refractivity contribution >= 4 is 11.9 Å². The number of carbonyl (C=O) groups excluding carboxylic acids is 1. The van der Waals surface area contributed by atoms with Gasteiger partial charge in [-0.2, -0.15) is 0 Å². The van der Waals surface area contributed by atoms with Gasteiger partial charge in [0.05, 0.1) is 5.92 Å². The van der Waals surface area contributed by atoms with Gasteiger partial charge < -0.3 is 14.6 Å². The average molecular weight is 252 g/mol. The van der Waals surface area contributed by atoms with Crippen molar-refractivity contribution in [2.45, 2.75) is 20.8 Å². The molecule has 1 N–H and O–H groups in total. The molecule has 1 unspecified atom stereocenters. The van der Waals surface area contributed by atoms with E-state index in [1.54, 1.807) is 17.9 Å². The molecule has 5 heteroatoms. The Labute approximate surface area is 107 Å². The van der Waals surface area contributed by atoms with Gasteiger partial charge in [0.25, 0.3) is 5.91 Å². The summed E-state index contributed by atoms with van der Waals surface area (Å²) in [5.41, 5.74) is 1.59. The summed E-state index contributed by atoms with van der Waals surface area (Å²) in [7, 11) is 1.83. The smallest absolute Gasteiger partial charge is 0.308 e. The Bertz CT molecular complexity index is 451. The minimum atomic E-state index is -0.885. The monoisotopic (exact) mass is 252 g/mol. The molecule has 0 fully saturated rings. The number of carboxylic acid groups (broad SMARTS) is 1. The quantitative estimate of drug-likeness (QED) is 0.864. The molecule has 0 saturated carbocycles. The van der Waals surface area contributed by atoms with Gasteiger partial charge in [-0.3, -0.25) is 9.59 Å². The van der Waals surface area contributed by atoms with E-state index in [2.05, 4.69) is 0 Å². The molecule has 18 heavy (non-hydrogen) atoms. The first-order valence-electron chi connectivity index (χ1n) is 6.02. The second-order valence-corrected chi connectivity index (χ2v) is 4.50. The van der Waals surface area contributed by atoms with Crippen LogP contribution in [0.4, 0.5) is 0 Å². The second kappa shape index (κ2) is 5.71. The molecule has 5 nitrogen and oxygen atoms in total. The van der Waals surface area contributed by atoms with Gasteiger partial charge in [-0.15, -0.1) is 0 Å². The van der Waals surface area contributed by atoms with Crippen LogP contribution in [0.3, 0.4) is 0 Å². The van der Waals surface area contributed by atoms with Crippen molar-refractivity contribution in [2.75, 3.05) is 13.1 Å². The number of aliphatic carboxylic acids is 1. The highest BCUT2D eigenvalue weighted by atomic mass is 16.4. The fourth-order valence-corrected chi connectivity index (χ4v) is 1.75. The first kappa shape index (κ1) is 14.3. The van der Waals surface area contributed by atoms with E-state index >= 15 is 0 Å². The maximum absolute atomic E-state index is 12.3. The Morgan fingerprint density at radius 2 is 2.06 bits per heavy atom. The van der Waals surface area contributed by atoms with Crippen LogP contribution in [0.1, 0.15) is 30.0 Å². The zero-order chi connectivity index (χ0) is 13.9. The van der Waals surface area contributed by atoms with Gasteiger partial charge in [0, 0.05) is 25.8 Å². The van der Waals surface area contributed by atoms with Crippen molar-refractivity contribution in [3.8, 4) is 0 Å². The van der Waals surface area contributed by atoms with Crippen molar-refractivity contribution in [2.24, 2.45) is 13.0 Å². The number of aromatic nitrogens is 1. The molecule has 0 aliphatic heterocycles. The summed E-state index contributed by atoms with van der Waals surface area (Å²) in [6.07, 6.45) is 0. The average Bonchev–Trinajstić information content (AvgIpc) is 2.65. The van der Waals surface area contributed by atoms with E-state index in [1.807, 2.05) is 31.5 Å². The van der Waals surface area contributed by atoms with E-state index in [9.17, 15) is 9.59 Å². The number of rotatable bonds is 5. The third-order valence-electron chi connectivity index (χ3n) is 3.18. The molecule has 0 aromatic carbocycles. The van der Waals surface area contributed by atoms with Gasteiger partial charge in [0.1, 0.15) is 5.69 Å². The normalized spacial score (nSPS) is 12.2. The lowest BCUT2D eigenvalue weighted by Gasteiger charge is -2.23. The lowest BCUT2D eigenvalue weighted by atomic mass is 10.1. The Balaban J connectivity index is 2.86. The lowest BCUT2D eigenvalue weighted by molar-refractivity contribution is -0.141. The lowest BCUT2D eigenvalue weighted by Crippen LogP contribution is -2.37. The molecule has 0 aliphatic carbocycles. The minimum Gasteiger partial charge on any atom is -0.481 e. The van der Waals surface area contributed by atoms with Crippen molar-refractivity contribution in [1.82, 2.24) is 9.47 Å². The van der Waals surface area contributed by atoms with Crippen molar-refractivity contribution in [1.29, 1.82) is 0 Å². The van der Waals surface area contributed by atoms with Crippen LogP contribution in [0.15, 0.2) is 12.1 Å². The topological polar surface area (TPSA) is 62.5 Å². The Morgan fingerprint density at radius 3 is 2.44 bits per heavy atom. The zero-order valence-electron chi connectivity index (χ0n) is 11.3. The highest BCUT2D eigenvalue weighted by Crippen LogP contribution is 2.11. The number of carbonyl (C=O) groups is 2. The minimum absolute atomic E-state index is 0.124. The zero-order valence-corrected chi connectivity index (χ0v) is 11.3. The molecule has 0 bridgehead atoms. The van der Waals surface area contributed by atoms with E-state index in [1.165, 1.54) is 0 Å². The van der Waals surface area contributed by atoms with Crippen LogP contribution < -0.4 is 0 Å². The first-order valence-corrected chi connectivity index (χ1v) is 6.02. The number of nitrogens with zero attached hydrogens (tertiary/aromatic N) is 2. The van der Waals surface area contributed by atoms with Gasteiger partial charge in [-0.1, -0.05) is 6.92 Å². The molecule has 1 amide bonds. The molecular formula is C13H20N2O3. The predicted molar refractivity (Wildman–Crippen MR) is 68.5 cm³/mol. The molecule has 1 aromatic heterocycles.